The van der Waals surface area contributed by atoms with Gasteiger partial charge in [-0.1, -0.05) is 23.9 Å². The van der Waals surface area contributed by atoms with E-state index in [9.17, 15) is 14.4 Å². The molecule has 0 unspecified atom stereocenters. The topological polar surface area (TPSA) is 103 Å². The lowest BCUT2D eigenvalue weighted by atomic mass is 9.97. The third-order valence-corrected chi connectivity index (χ3v) is 8.67. The molecule has 1 fully saturated rings. The Morgan fingerprint density at radius 1 is 1.14 bits per heavy atom. The molecule has 5 rings (SSSR count). The molecule has 186 valence electrons. The standard InChI is InChI=1S/C26H27N5O3S2/c1-27-15-23(32)31-10-8-16(9-11-31)26-29-14-18(35-26)13-28-24(33)17-6-7-22-20(12-17)30-25(34)19-4-2-3-5-21(19)36-22/h2-7,12,14,16,27H,8-11,13,15H2,1H3,(H,28,33)(H,30,34). The molecular weight excluding hydrogens is 494 g/mol. The van der Waals surface area contributed by atoms with Gasteiger partial charge in [-0.3, -0.25) is 14.4 Å². The number of benzene rings is 2. The van der Waals surface area contributed by atoms with Crippen LogP contribution in [0.25, 0.3) is 0 Å². The second-order valence-electron chi connectivity index (χ2n) is 8.80. The maximum absolute atomic E-state index is 12.9. The van der Waals surface area contributed by atoms with Gasteiger partial charge in [-0.25, -0.2) is 4.98 Å². The molecule has 1 saturated heterocycles. The Hall–Kier alpha value is -3.21. The number of anilines is 1. The van der Waals surface area contributed by atoms with Gasteiger partial charge >= 0.3 is 0 Å². The number of nitrogens with zero attached hydrogens (tertiary/aromatic N) is 2. The Kier molecular flexibility index (Phi) is 7.35. The average Bonchev–Trinajstić information content (AvgIpc) is 3.32. The van der Waals surface area contributed by atoms with E-state index in [1.807, 2.05) is 35.4 Å². The van der Waals surface area contributed by atoms with Crippen LogP contribution in [0.1, 0.15) is 49.4 Å². The largest absolute Gasteiger partial charge is 0.347 e. The summed E-state index contributed by atoms with van der Waals surface area (Å²) >= 11 is 3.12. The van der Waals surface area contributed by atoms with Gasteiger partial charge in [-0.2, -0.15) is 0 Å². The number of amides is 3. The predicted octanol–water partition coefficient (Wildman–Crippen LogP) is 3.72. The minimum atomic E-state index is -0.204. The van der Waals surface area contributed by atoms with Gasteiger partial charge in [-0.15, -0.1) is 11.3 Å². The van der Waals surface area contributed by atoms with Crippen LogP contribution in [0.15, 0.2) is 58.5 Å². The number of carbonyl (C=O) groups excluding carboxylic acids is 3. The second-order valence-corrected chi connectivity index (χ2v) is 11.0. The molecule has 0 spiro atoms. The van der Waals surface area contributed by atoms with Crippen molar-refractivity contribution in [2.75, 3.05) is 32.0 Å². The molecule has 3 N–H and O–H groups in total. The van der Waals surface area contributed by atoms with Crippen LogP contribution in [-0.4, -0.2) is 54.3 Å². The minimum absolute atomic E-state index is 0.138. The lowest BCUT2D eigenvalue weighted by Gasteiger charge is -2.31. The molecule has 10 heteroatoms. The Labute approximate surface area is 217 Å². The van der Waals surface area contributed by atoms with E-state index in [0.717, 1.165) is 45.6 Å². The molecule has 0 radical (unpaired) electrons. The van der Waals surface area contributed by atoms with Gasteiger partial charge in [0.1, 0.15) is 0 Å². The molecule has 2 aromatic carbocycles. The van der Waals surface area contributed by atoms with Crippen molar-refractivity contribution in [3.05, 3.63) is 69.7 Å². The van der Waals surface area contributed by atoms with Crippen molar-refractivity contribution in [2.45, 2.75) is 35.1 Å². The molecular formula is C26H27N5O3S2. The zero-order chi connectivity index (χ0) is 25.1. The second kappa shape index (κ2) is 10.8. The fourth-order valence-corrected chi connectivity index (χ4v) is 6.45. The quantitative estimate of drug-likeness (QED) is 0.457. The lowest BCUT2D eigenvalue weighted by Crippen LogP contribution is -2.41. The molecule has 8 nitrogen and oxygen atoms in total. The predicted molar refractivity (Wildman–Crippen MR) is 141 cm³/mol. The number of aromatic nitrogens is 1. The summed E-state index contributed by atoms with van der Waals surface area (Å²) in [5, 5.41) is 9.87. The van der Waals surface area contributed by atoms with E-state index in [-0.39, 0.29) is 17.7 Å². The number of fused-ring (bicyclic) bond motifs is 2. The zero-order valence-electron chi connectivity index (χ0n) is 19.9. The highest BCUT2D eigenvalue weighted by Crippen LogP contribution is 2.39. The first-order valence-corrected chi connectivity index (χ1v) is 13.5. The van der Waals surface area contributed by atoms with Crippen molar-refractivity contribution in [3.8, 4) is 0 Å². The summed E-state index contributed by atoms with van der Waals surface area (Å²) in [6.45, 7) is 2.25. The molecule has 0 atom stereocenters. The first kappa shape index (κ1) is 24.5. The van der Waals surface area contributed by atoms with E-state index < -0.39 is 0 Å². The number of piperidine rings is 1. The van der Waals surface area contributed by atoms with Crippen molar-refractivity contribution in [1.82, 2.24) is 20.5 Å². The third-order valence-electron chi connectivity index (χ3n) is 6.36. The van der Waals surface area contributed by atoms with Crippen LogP contribution >= 0.6 is 23.1 Å². The summed E-state index contributed by atoms with van der Waals surface area (Å²) in [5.74, 6) is 0.0980. The normalized spacial score (nSPS) is 15.5. The highest BCUT2D eigenvalue weighted by Gasteiger charge is 2.25. The van der Waals surface area contributed by atoms with Gasteiger partial charge in [0.25, 0.3) is 11.8 Å². The Balaban J connectivity index is 1.18. The molecule has 3 aromatic rings. The van der Waals surface area contributed by atoms with E-state index in [2.05, 4.69) is 20.9 Å². The summed E-state index contributed by atoms with van der Waals surface area (Å²) in [6.07, 6.45) is 3.62. The van der Waals surface area contributed by atoms with E-state index in [4.69, 9.17) is 0 Å². The number of nitrogens with one attached hydrogen (secondary N) is 3. The summed E-state index contributed by atoms with van der Waals surface area (Å²) in [5.41, 5.74) is 1.75. The van der Waals surface area contributed by atoms with E-state index in [0.29, 0.717) is 35.8 Å². The summed E-state index contributed by atoms with van der Waals surface area (Å²) < 4.78 is 0. The van der Waals surface area contributed by atoms with E-state index >= 15 is 0 Å². The van der Waals surface area contributed by atoms with Gasteiger partial charge in [-0.05, 0) is 50.2 Å². The lowest BCUT2D eigenvalue weighted by molar-refractivity contribution is -0.131. The molecule has 3 amide bonds. The molecule has 2 aliphatic rings. The van der Waals surface area contributed by atoms with Crippen molar-refractivity contribution < 1.29 is 14.4 Å². The van der Waals surface area contributed by atoms with Crippen LogP contribution < -0.4 is 16.0 Å². The number of likely N-dealkylation sites (N-methyl/N-ethyl adjacent to an activating group) is 1. The molecule has 36 heavy (non-hydrogen) atoms. The minimum Gasteiger partial charge on any atom is -0.347 e. The highest BCUT2D eigenvalue weighted by atomic mass is 32.2. The van der Waals surface area contributed by atoms with Crippen molar-refractivity contribution in [1.29, 1.82) is 0 Å². The summed E-state index contributed by atoms with van der Waals surface area (Å²) in [4.78, 5) is 46.8. The van der Waals surface area contributed by atoms with Crippen LogP contribution in [-0.2, 0) is 11.3 Å². The first-order valence-electron chi connectivity index (χ1n) is 11.9. The third kappa shape index (κ3) is 5.30. The highest BCUT2D eigenvalue weighted by molar-refractivity contribution is 7.99. The molecule has 3 heterocycles. The van der Waals surface area contributed by atoms with Gasteiger partial charge in [0, 0.05) is 45.4 Å². The Morgan fingerprint density at radius 2 is 1.94 bits per heavy atom. The van der Waals surface area contributed by atoms with Crippen LogP contribution in [0.2, 0.25) is 0 Å². The van der Waals surface area contributed by atoms with Crippen LogP contribution in [0.5, 0.6) is 0 Å². The van der Waals surface area contributed by atoms with Crippen molar-refractivity contribution >= 4 is 46.5 Å². The maximum Gasteiger partial charge on any atom is 0.256 e. The van der Waals surface area contributed by atoms with Gasteiger partial charge < -0.3 is 20.9 Å². The molecule has 0 aliphatic carbocycles. The fraction of sp³-hybridized carbons (Fsp3) is 0.308. The number of likely N-dealkylation sites (tertiary alicyclic amines) is 1. The van der Waals surface area contributed by atoms with E-state index in [1.54, 1.807) is 36.6 Å². The van der Waals surface area contributed by atoms with Crippen LogP contribution in [0, 0.1) is 0 Å². The number of hydrogen-bond acceptors (Lipinski definition) is 7. The molecule has 2 aliphatic heterocycles. The first-order chi connectivity index (χ1) is 17.5. The SMILES string of the molecule is CNCC(=O)N1CCC(c2ncc(CNC(=O)c3ccc4c(c3)NC(=O)c3ccccc3S4)s2)CC1. The van der Waals surface area contributed by atoms with Crippen molar-refractivity contribution in [3.63, 3.8) is 0 Å². The zero-order valence-corrected chi connectivity index (χ0v) is 21.5. The number of carbonyl (C=O) groups is 3. The summed E-state index contributed by atoms with van der Waals surface area (Å²) in [6, 6.07) is 12.8. The smallest absolute Gasteiger partial charge is 0.256 e. The van der Waals surface area contributed by atoms with Crippen molar-refractivity contribution in [2.24, 2.45) is 0 Å². The molecule has 0 bridgehead atoms. The fourth-order valence-electron chi connectivity index (χ4n) is 4.41. The van der Waals surface area contributed by atoms with Gasteiger partial charge in [0.05, 0.1) is 29.3 Å². The summed E-state index contributed by atoms with van der Waals surface area (Å²) in [7, 11) is 1.78. The average molecular weight is 522 g/mol. The van der Waals surface area contributed by atoms with Crippen LogP contribution in [0.4, 0.5) is 5.69 Å². The Bertz CT molecular complexity index is 1300. The van der Waals surface area contributed by atoms with Crippen LogP contribution in [0.3, 0.4) is 0 Å². The maximum atomic E-state index is 12.9. The van der Waals surface area contributed by atoms with Gasteiger partial charge in [0.2, 0.25) is 5.91 Å². The Morgan fingerprint density at radius 3 is 2.75 bits per heavy atom. The number of thiazole rings is 1. The van der Waals surface area contributed by atoms with E-state index in [1.165, 1.54) is 11.8 Å². The number of rotatable bonds is 6. The monoisotopic (exact) mass is 521 g/mol. The molecule has 1 aromatic heterocycles. The molecule has 0 saturated carbocycles. The van der Waals surface area contributed by atoms with Gasteiger partial charge in [0.15, 0.2) is 0 Å². The number of hydrogen-bond donors (Lipinski definition) is 3.